The van der Waals surface area contributed by atoms with Crippen LogP contribution < -0.4 is 10.6 Å². The molecule has 0 radical (unpaired) electrons. The quantitative estimate of drug-likeness (QED) is 0.265. The first-order chi connectivity index (χ1) is 17.1. The number of imidazole rings is 1. The molecule has 0 spiro atoms. The van der Waals surface area contributed by atoms with Gasteiger partial charge in [-0.15, -0.1) is 0 Å². The summed E-state index contributed by atoms with van der Waals surface area (Å²) in [6.45, 7) is 1.99. The van der Waals surface area contributed by atoms with E-state index in [1.54, 1.807) is 0 Å². The molecule has 4 aromatic carbocycles. The topological polar surface area (TPSA) is 69.8 Å². The Morgan fingerprint density at radius 3 is 2.14 bits per heavy atom. The Kier molecular flexibility index (Phi) is 6.37. The molecule has 0 unspecified atom stereocenters. The van der Waals surface area contributed by atoms with Gasteiger partial charge in [0.15, 0.2) is 5.11 Å². The maximum absolute atomic E-state index is 13.4. The van der Waals surface area contributed by atoms with E-state index in [1.165, 1.54) is 0 Å². The van der Waals surface area contributed by atoms with E-state index in [0.717, 1.165) is 44.8 Å². The molecular weight excluding hydrogens is 452 g/mol. The average molecular weight is 477 g/mol. The molecule has 0 bridgehead atoms. The lowest BCUT2D eigenvalue weighted by atomic mass is 9.90. The number of aryl methyl sites for hydroxylation is 1. The summed E-state index contributed by atoms with van der Waals surface area (Å²) >= 11 is 5.54. The number of nitrogens with zero attached hydrogens (tertiary/aromatic N) is 1. The lowest BCUT2D eigenvalue weighted by Crippen LogP contribution is -2.38. The second-order valence-corrected chi connectivity index (χ2v) is 8.74. The minimum atomic E-state index is -0.472. The van der Waals surface area contributed by atoms with E-state index in [9.17, 15) is 4.79 Å². The molecule has 0 aliphatic rings. The number of carbonyl (C=O) groups is 1. The number of para-hydroxylation sites is 2. The molecule has 6 heteroatoms. The minimum Gasteiger partial charge on any atom is -0.338 e. The zero-order valence-corrected chi connectivity index (χ0v) is 20.0. The van der Waals surface area contributed by atoms with E-state index in [0.29, 0.717) is 0 Å². The van der Waals surface area contributed by atoms with Crippen LogP contribution in [-0.2, 0) is 4.79 Å². The van der Waals surface area contributed by atoms with Gasteiger partial charge < -0.3 is 15.6 Å². The highest BCUT2D eigenvalue weighted by atomic mass is 32.1. The van der Waals surface area contributed by atoms with Crippen LogP contribution in [0.4, 0.5) is 5.69 Å². The van der Waals surface area contributed by atoms with E-state index >= 15 is 0 Å². The number of anilines is 1. The van der Waals surface area contributed by atoms with Crippen molar-refractivity contribution >= 4 is 40.0 Å². The van der Waals surface area contributed by atoms with Gasteiger partial charge in [-0.2, -0.15) is 0 Å². The summed E-state index contributed by atoms with van der Waals surface area (Å²) < 4.78 is 0. The van der Waals surface area contributed by atoms with Crippen molar-refractivity contribution in [3.63, 3.8) is 0 Å². The first kappa shape index (κ1) is 22.5. The molecule has 172 valence electrons. The Hall–Kier alpha value is -4.29. The number of benzene rings is 4. The van der Waals surface area contributed by atoms with Gasteiger partial charge in [0.1, 0.15) is 5.82 Å². The number of fused-ring (bicyclic) bond motifs is 1. The number of aromatic nitrogens is 2. The van der Waals surface area contributed by atoms with Crippen molar-refractivity contribution in [3.05, 3.63) is 120 Å². The normalized spacial score (nSPS) is 10.9. The minimum absolute atomic E-state index is 0.189. The number of carbonyl (C=O) groups excluding carboxylic acids is 1. The van der Waals surface area contributed by atoms with Gasteiger partial charge in [0.05, 0.1) is 17.0 Å². The second-order valence-electron chi connectivity index (χ2n) is 8.33. The first-order valence-corrected chi connectivity index (χ1v) is 11.8. The smallest absolute Gasteiger partial charge is 0.238 e. The van der Waals surface area contributed by atoms with Crippen LogP contribution in [0, 0.1) is 6.92 Å². The van der Waals surface area contributed by atoms with Gasteiger partial charge in [-0.3, -0.25) is 4.79 Å². The van der Waals surface area contributed by atoms with Gasteiger partial charge in [0.2, 0.25) is 5.91 Å². The number of amides is 1. The fraction of sp³-hybridized carbons (Fsp3) is 0.0690. The number of hydrogen-bond donors (Lipinski definition) is 3. The fourth-order valence-electron chi connectivity index (χ4n) is 4.12. The largest absolute Gasteiger partial charge is 0.338 e. The molecule has 1 aromatic heterocycles. The number of rotatable bonds is 5. The van der Waals surface area contributed by atoms with Crippen LogP contribution in [-0.4, -0.2) is 21.0 Å². The summed E-state index contributed by atoms with van der Waals surface area (Å²) in [5, 5.41) is 6.34. The average Bonchev–Trinajstić information content (AvgIpc) is 3.31. The van der Waals surface area contributed by atoms with Crippen LogP contribution in [0.25, 0.3) is 22.4 Å². The van der Waals surface area contributed by atoms with E-state index < -0.39 is 5.92 Å². The van der Waals surface area contributed by atoms with E-state index in [1.807, 2.05) is 110 Å². The summed E-state index contributed by atoms with van der Waals surface area (Å²) in [5.74, 6) is 0.114. The van der Waals surface area contributed by atoms with Crippen molar-refractivity contribution < 1.29 is 4.79 Å². The molecule has 0 saturated carbocycles. The predicted molar refractivity (Wildman–Crippen MR) is 145 cm³/mol. The molecule has 0 aliphatic heterocycles. The Balaban J connectivity index is 1.36. The molecule has 0 atom stereocenters. The highest BCUT2D eigenvalue weighted by molar-refractivity contribution is 7.80. The van der Waals surface area contributed by atoms with Crippen molar-refractivity contribution in [2.75, 3.05) is 5.32 Å². The zero-order chi connectivity index (χ0) is 24.2. The van der Waals surface area contributed by atoms with Gasteiger partial charge in [-0.25, -0.2) is 4.98 Å². The lowest BCUT2D eigenvalue weighted by molar-refractivity contribution is -0.120. The van der Waals surface area contributed by atoms with Crippen LogP contribution in [0.1, 0.15) is 22.6 Å². The standard InChI is InChI=1S/C29H24N4OS/c1-19-16-17-22(27-30-23-14-8-9-15-24(23)31-27)18-25(19)32-29(35)33-28(34)26(20-10-4-2-5-11-20)21-12-6-3-7-13-21/h2-18,26H,1H3,(H,30,31)(H2,32,33,34,35). The Morgan fingerprint density at radius 2 is 1.49 bits per heavy atom. The summed E-state index contributed by atoms with van der Waals surface area (Å²) in [4.78, 5) is 21.4. The van der Waals surface area contributed by atoms with E-state index in [4.69, 9.17) is 12.2 Å². The van der Waals surface area contributed by atoms with Crippen molar-refractivity contribution in [2.45, 2.75) is 12.8 Å². The molecule has 35 heavy (non-hydrogen) atoms. The zero-order valence-electron chi connectivity index (χ0n) is 19.2. The highest BCUT2D eigenvalue weighted by Gasteiger charge is 2.23. The number of hydrogen-bond acceptors (Lipinski definition) is 3. The molecule has 3 N–H and O–H groups in total. The van der Waals surface area contributed by atoms with Crippen LogP contribution in [0.5, 0.6) is 0 Å². The third-order valence-corrected chi connectivity index (χ3v) is 6.12. The number of thiocarbonyl (C=S) groups is 1. The molecule has 5 nitrogen and oxygen atoms in total. The summed E-state index contributed by atoms with van der Waals surface area (Å²) in [5.41, 5.74) is 6.44. The van der Waals surface area contributed by atoms with Crippen molar-refractivity contribution in [3.8, 4) is 11.4 Å². The van der Waals surface area contributed by atoms with Gasteiger partial charge in [0.25, 0.3) is 0 Å². The third kappa shape index (κ3) is 4.98. The highest BCUT2D eigenvalue weighted by Crippen LogP contribution is 2.27. The number of nitrogens with one attached hydrogen (secondary N) is 3. The third-order valence-electron chi connectivity index (χ3n) is 5.91. The number of H-pyrrole nitrogens is 1. The lowest BCUT2D eigenvalue weighted by Gasteiger charge is -2.19. The second kappa shape index (κ2) is 9.91. The molecule has 0 saturated heterocycles. The Morgan fingerprint density at radius 1 is 0.857 bits per heavy atom. The molecule has 1 heterocycles. The van der Waals surface area contributed by atoms with E-state index in [2.05, 4.69) is 20.6 Å². The first-order valence-electron chi connectivity index (χ1n) is 11.4. The van der Waals surface area contributed by atoms with E-state index in [-0.39, 0.29) is 11.0 Å². The van der Waals surface area contributed by atoms with Gasteiger partial charge in [-0.1, -0.05) is 84.9 Å². The number of aromatic amines is 1. The van der Waals surface area contributed by atoms with Gasteiger partial charge in [-0.05, 0) is 54.0 Å². The van der Waals surface area contributed by atoms with Gasteiger partial charge >= 0.3 is 0 Å². The molecule has 0 fully saturated rings. The van der Waals surface area contributed by atoms with Crippen LogP contribution >= 0.6 is 12.2 Å². The molecule has 1 amide bonds. The SMILES string of the molecule is Cc1ccc(-c2nc3ccccc3[nH]2)cc1NC(=S)NC(=O)C(c1ccccc1)c1ccccc1. The summed E-state index contributed by atoms with van der Waals surface area (Å²) in [6.07, 6.45) is 0. The maximum atomic E-state index is 13.4. The summed E-state index contributed by atoms with van der Waals surface area (Å²) in [6, 6.07) is 33.3. The monoisotopic (exact) mass is 476 g/mol. The van der Waals surface area contributed by atoms with Crippen molar-refractivity contribution in [2.24, 2.45) is 0 Å². The molecule has 5 aromatic rings. The Labute approximate surface area is 209 Å². The van der Waals surface area contributed by atoms with Crippen molar-refractivity contribution in [1.82, 2.24) is 15.3 Å². The van der Waals surface area contributed by atoms with Crippen LogP contribution in [0.2, 0.25) is 0 Å². The van der Waals surface area contributed by atoms with Crippen LogP contribution in [0.15, 0.2) is 103 Å². The maximum Gasteiger partial charge on any atom is 0.238 e. The predicted octanol–water partition coefficient (Wildman–Crippen LogP) is 6.18. The fourth-order valence-corrected chi connectivity index (χ4v) is 4.33. The summed E-state index contributed by atoms with van der Waals surface area (Å²) in [7, 11) is 0. The Bertz CT molecular complexity index is 1420. The van der Waals surface area contributed by atoms with Crippen molar-refractivity contribution in [1.29, 1.82) is 0 Å². The van der Waals surface area contributed by atoms with Crippen LogP contribution in [0.3, 0.4) is 0 Å². The molecular formula is C29H24N4OS. The van der Waals surface area contributed by atoms with Gasteiger partial charge in [0, 0.05) is 11.3 Å². The molecule has 5 rings (SSSR count). The molecule has 0 aliphatic carbocycles.